The third-order valence-corrected chi connectivity index (χ3v) is 3.06. The number of benzene rings is 1. The highest BCUT2D eigenvalue weighted by Gasteiger charge is 2.20. The summed E-state index contributed by atoms with van der Waals surface area (Å²) in [6, 6.07) is 8.04. The highest BCUT2D eigenvalue weighted by Crippen LogP contribution is 2.15. The lowest BCUT2D eigenvalue weighted by Gasteiger charge is -2.12. The summed E-state index contributed by atoms with van der Waals surface area (Å²) >= 11 is 0. The van der Waals surface area contributed by atoms with Gasteiger partial charge in [0.25, 0.3) is 0 Å². The van der Waals surface area contributed by atoms with Crippen molar-refractivity contribution in [3.8, 4) is 0 Å². The molecule has 0 spiro atoms. The van der Waals surface area contributed by atoms with E-state index < -0.39 is 0 Å². The largest absolute Gasteiger partial charge is 0.392 e. The number of aromatic nitrogens is 2. The van der Waals surface area contributed by atoms with Crippen LogP contribution in [-0.4, -0.2) is 39.2 Å². The Bertz CT molecular complexity index is 461. The molecular weight excluding hydrogens is 202 g/mol. The lowest BCUT2D eigenvalue weighted by atomic mass is 10.3. The molecule has 2 heterocycles. The number of rotatable bonds is 2. The smallest absolute Gasteiger partial charge is 0.121 e. The zero-order valence-corrected chi connectivity index (χ0v) is 9.06. The number of hydrogen-bond acceptors (Lipinski definition) is 3. The van der Waals surface area contributed by atoms with E-state index in [1.54, 1.807) is 0 Å². The van der Waals surface area contributed by atoms with E-state index in [2.05, 4.69) is 14.9 Å². The number of H-pyrrole nitrogens is 1. The fourth-order valence-corrected chi connectivity index (χ4v) is 2.25. The van der Waals surface area contributed by atoms with Crippen LogP contribution in [0.3, 0.4) is 0 Å². The third-order valence-electron chi connectivity index (χ3n) is 3.06. The summed E-state index contributed by atoms with van der Waals surface area (Å²) in [4.78, 5) is 10.0. The molecule has 0 radical (unpaired) electrons. The minimum Gasteiger partial charge on any atom is -0.392 e. The fraction of sp³-hybridized carbons (Fsp3) is 0.417. The van der Waals surface area contributed by atoms with E-state index in [0.29, 0.717) is 0 Å². The van der Waals surface area contributed by atoms with Crippen LogP contribution in [-0.2, 0) is 6.54 Å². The number of fused-ring (bicyclic) bond motifs is 1. The van der Waals surface area contributed by atoms with Crippen LogP contribution in [0.1, 0.15) is 12.2 Å². The number of imidazole rings is 1. The number of β-amino-alcohol motifs (C(OH)–C–C–N with tert-alkyl or cyclic N) is 1. The van der Waals surface area contributed by atoms with Gasteiger partial charge in [0.1, 0.15) is 5.82 Å². The molecular formula is C12H15N3O. The molecule has 0 amide bonds. The van der Waals surface area contributed by atoms with Gasteiger partial charge >= 0.3 is 0 Å². The van der Waals surface area contributed by atoms with E-state index in [1.807, 2.05) is 24.3 Å². The van der Waals surface area contributed by atoms with Gasteiger partial charge in [-0.2, -0.15) is 0 Å². The van der Waals surface area contributed by atoms with Gasteiger partial charge in [0.15, 0.2) is 0 Å². The fourth-order valence-electron chi connectivity index (χ4n) is 2.25. The number of hydrogen-bond donors (Lipinski definition) is 2. The number of aromatic amines is 1. The van der Waals surface area contributed by atoms with Crippen LogP contribution in [0.15, 0.2) is 24.3 Å². The topological polar surface area (TPSA) is 52.1 Å². The van der Waals surface area contributed by atoms with Crippen molar-refractivity contribution >= 4 is 11.0 Å². The molecule has 0 aliphatic carbocycles. The molecule has 4 heteroatoms. The van der Waals surface area contributed by atoms with Gasteiger partial charge in [-0.15, -0.1) is 0 Å². The van der Waals surface area contributed by atoms with Gasteiger partial charge in [-0.05, 0) is 18.6 Å². The van der Waals surface area contributed by atoms with E-state index in [-0.39, 0.29) is 6.10 Å². The minimum absolute atomic E-state index is 0.163. The van der Waals surface area contributed by atoms with Crippen molar-refractivity contribution in [2.75, 3.05) is 13.1 Å². The second kappa shape index (κ2) is 3.88. The van der Waals surface area contributed by atoms with Crippen LogP contribution in [0, 0.1) is 0 Å². The summed E-state index contributed by atoms with van der Waals surface area (Å²) < 4.78 is 0. The van der Waals surface area contributed by atoms with Gasteiger partial charge in [-0.25, -0.2) is 4.98 Å². The third kappa shape index (κ3) is 1.81. The number of aliphatic hydroxyl groups excluding tert-OH is 1. The highest BCUT2D eigenvalue weighted by molar-refractivity contribution is 5.74. The average Bonchev–Trinajstić information content (AvgIpc) is 2.84. The maximum absolute atomic E-state index is 9.45. The molecule has 1 saturated heterocycles. The Kier molecular flexibility index (Phi) is 2.38. The summed E-state index contributed by atoms with van der Waals surface area (Å²) in [7, 11) is 0. The Hall–Kier alpha value is -1.39. The quantitative estimate of drug-likeness (QED) is 0.793. The molecule has 3 rings (SSSR count). The van der Waals surface area contributed by atoms with Crippen molar-refractivity contribution in [1.29, 1.82) is 0 Å². The molecule has 1 aliphatic heterocycles. The van der Waals surface area contributed by atoms with Crippen LogP contribution in [0.5, 0.6) is 0 Å². The molecule has 4 nitrogen and oxygen atoms in total. The predicted molar refractivity (Wildman–Crippen MR) is 62.0 cm³/mol. The van der Waals surface area contributed by atoms with E-state index in [4.69, 9.17) is 0 Å². The Labute approximate surface area is 93.9 Å². The van der Waals surface area contributed by atoms with Crippen molar-refractivity contribution < 1.29 is 5.11 Å². The van der Waals surface area contributed by atoms with E-state index in [1.165, 1.54) is 0 Å². The molecule has 1 atom stereocenters. The molecule has 84 valence electrons. The molecule has 1 aliphatic rings. The lowest BCUT2D eigenvalue weighted by molar-refractivity contribution is 0.174. The van der Waals surface area contributed by atoms with E-state index in [0.717, 1.165) is 42.9 Å². The molecule has 1 aromatic carbocycles. The SMILES string of the molecule is OC1CCN(Cc2nc3ccccc3[nH]2)C1. The number of nitrogens with zero attached hydrogens (tertiary/aromatic N) is 2. The second-order valence-corrected chi connectivity index (χ2v) is 4.38. The molecule has 1 fully saturated rings. The number of para-hydroxylation sites is 2. The molecule has 2 aromatic rings. The Morgan fingerprint density at radius 1 is 1.44 bits per heavy atom. The van der Waals surface area contributed by atoms with Crippen molar-refractivity contribution in [3.05, 3.63) is 30.1 Å². The maximum Gasteiger partial charge on any atom is 0.121 e. The van der Waals surface area contributed by atoms with Gasteiger partial charge in [0.2, 0.25) is 0 Å². The van der Waals surface area contributed by atoms with Gasteiger partial charge in [-0.3, -0.25) is 4.90 Å². The maximum atomic E-state index is 9.45. The number of aliphatic hydroxyl groups is 1. The molecule has 16 heavy (non-hydrogen) atoms. The van der Waals surface area contributed by atoms with Crippen LogP contribution < -0.4 is 0 Å². The van der Waals surface area contributed by atoms with Gasteiger partial charge in [-0.1, -0.05) is 12.1 Å². The normalized spacial score (nSPS) is 21.9. The van der Waals surface area contributed by atoms with Crippen LogP contribution in [0.25, 0.3) is 11.0 Å². The zero-order valence-electron chi connectivity index (χ0n) is 9.06. The highest BCUT2D eigenvalue weighted by atomic mass is 16.3. The van der Waals surface area contributed by atoms with Crippen molar-refractivity contribution in [2.24, 2.45) is 0 Å². The summed E-state index contributed by atoms with van der Waals surface area (Å²) in [6.07, 6.45) is 0.713. The summed E-state index contributed by atoms with van der Waals surface area (Å²) in [5, 5.41) is 9.45. The average molecular weight is 217 g/mol. The monoisotopic (exact) mass is 217 g/mol. The second-order valence-electron chi connectivity index (χ2n) is 4.38. The summed E-state index contributed by atoms with van der Waals surface area (Å²) in [6.45, 7) is 2.51. The molecule has 0 bridgehead atoms. The standard InChI is InChI=1S/C12H15N3O/c16-9-5-6-15(7-9)8-12-13-10-3-1-2-4-11(10)14-12/h1-4,9,16H,5-8H2,(H,13,14). The Balaban J connectivity index is 1.79. The lowest BCUT2D eigenvalue weighted by Crippen LogP contribution is -2.22. The minimum atomic E-state index is -0.163. The Morgan fingerprint density at radius 2 is 2.31 bits per heavy atom. The molecule has 2 N–H and O–H groups in total. The summed E-state index contributed by atoms with van der Waals surface area (Å²) in [5.41, 5.74) is 2.09. The van der Waals surface area contributed by atoms with Gasteiger partial charge in [0, 0.05) is 13.1 Å². The first-order valence-electron chi connectivity index (χ1n) is 5.65. The number of likely N-dealkylation sites (tertiary alicyclic amines) is 1. The van der Waals surface area contributed by atoms with Crippen LogP contribution >= 0.6 is 0 Å². The van der Waals surface area contributed by atoms with Gasteiger partial charge in [0.05, 0.1) is 23.7 Å². The molecule has 1 aromatic heterocycles. The van der Waals surface area contributed by atoms with Crippen molar-refractivity contribution in [3.63, 3.8) is 0 Å². The number of nitrogens with one attached hydrogen (secondary N) is 1. The predicted octanol–water partition coefficient (Wildman–Crippen LogP) is 1.13. The van der Waals surface area contributed by atoms with Crippen molar-refractivity contribution in [2.45, 2.75) is 19.1 Å². The first-order chi connectivity index (χ1) is 7.81. The van der Waals surface area contributed by atoms with E-state index >= 15 is 0 Å². The van der Waals surface area contributed by atoms with Crippen LogP contribution in [0.4, 0.5) is 0 Å². The first-order valence-corrected chi connectivity index (χ1v) is 5.65. The first kappa shape index (κ1) is 9.81. The van der Waals surface area contributed by atoms with Crippen LogP contribution in [0.2, 0.25) is 0 Å². The van der Waals surface area contributed by atoms with Gasteiger partial charge < -0.3 is 10.1 Å². The zero-order chi connectivity index (χ0) is 11.0. The molecule has 0 saturated carbocycles. The summed E-state index contributed by atoms with van der Waals surface area (Å²) in [5.74, 6) is 0.982. The van der Waals surface area contributed by atoms with E-state index in [9.17, 15) is 5.11 Å². The van der Waals surface area contributed by atoms with Crippen molar-refractivity contribution in [1.82, 2.24) is 14.9 Å². The Morgan fingerprint density at radius 3 is 3.06 bits per heavy atom. The molecule has 1 unspecified atom stereocenters.